The van der Waals surface area contributed by atoms with Crippen molar-refractivity contribution in [2.24, 2.45) is 0 Å². The van der Waals surface area contributed by atoms with Crippen molar-refractivity contribution in [1.82, 2.24) is 15.0 Å². The number of carbonyl (C=O) groups excluding carboxylic acids is 1. The predicted molar refractivity (Wildman–Crippen MR) is 104 cm³/mol. The maximum Gasteiger partial charge on any atom is 0.262 e. The van der Waals surface area contributed by atoms with Crippen LogP contribution < -0.4 is 4.74 Å². The van der Waals surface area contributed by atoms with E-state index in [0.29, 0.717) is 36.1 Å². The molecule has 3 heterocycles. The van der Waals surface area contributed by atoms with Gasteiger partial charge in [-0.15, -0.1) is 0 Å². The summed E-state index contributed by atoms with van der Waals surface area (Å²) in [6.07, 6.45) is 2.85. The van der Waals surface area contributed by atoms with E-state index in [1.807, 2.05) is 54.6 Å². The van der Waals surface area contributed by atoms with Gasteiger partial charge in [0.15, 0.2) is 0 Å². The van der Waals surface area contributed by atoms with Crippen LogP contribution in [0.15, 0.2) is 82.1 Å². The van der Waals surface area contributed by atoms with E-state index >= 15 is 0 Å². The highest BCUT2D eigenvalue weighted by atomic mass is 16.5. The van der Waals surface area contributed by atoms with E-state index in [9.17, 15) is 4.79 Å². The highest BCUT2D eigenvalue weighted by Gasteiger charge is 2.33. The summed E-state index contributed by atoms with van der Waals surface area (Å²) in [5.74, 6) is 1.51. The van der Waals surface area contributed by atoms with Gasteiger partial charge in [-0.1, -0.05) is 47.6 Å². The van der Waals surface area contributed by atoms with Crippen molar-refractivity contribution in [3.8, 4) is 28.6 Å². The standard InChI is InChI=1S/C22H17N3O4/c26-22(16-10-11-27-14-16)25-12-17(13-25)28-19-9-5-4-8-18(19)21-23-20(24-29-21)15-6-2-1-3-7-15/h1-11,14,17H,12-13H2. The number of para-hydroxylation sites is 1. The largest absolute Gasteiger partial charge is 0.486 e. The second kappa shape index (κ2) is 7.27. The molecule has 0 radical (unpaired) electrons. The summed E-state index contributed by atoms with van der Waals surface area (Å²) in [6, 6.07) is 18.8. The average molecular weight is 387 g/mol. The number of amides is 1. The van der Waals surface area contributed by atoms with Crippen LogP contribution in [0.5, 0.6) is 5.75 Å². The van der Waals surface area contributed by atoms with Crippen molar-refractivity contribution < 1.29 is 18.5 Å². The minimum absolute atomic E-state index is 0.0590. The molecule has 7 nitrogen and oxygen atoms in total. The Morgan fingerprint density at radius 2 is 1.83 bits per heavy atom. The van der Waals surface area contributed by atoms with Crippen molar-refractivity contribution in [2.75, 3.05) is 13.1 Å². The molecule has 0 N–H and O–H groups in total. The van der Waals surface area contributed by atoms with Crippen molar-refractivity contribution in [2.45, 2.75) is 6.10 Å². The Morgan fingerprint density at radius 1 is 1.03 bits per heavy atom. The summed E-state index contributed by atoms with van der Waals surface area (Å²) >= 11 is 0. The van der Waals surface area contributed by atoms with E-state index in [0.717, 1.165) is 11.1 Å². The van der Waals surface area contributed by atoms with Crippen LogP contribution >= 0.6 is 0 Å². The number of carbonyl (C=O) groups is 1. The molecule has 1 aliphatic rings. The Balaban J connectivity index is 1.30. The number of nitrogens with zero attached hydrogens (tertiary/aromatic N) is 3. The lowest BCUT2D eigenvalue weighted by Gasteiger charge is -2.38. The third-order valence-electron chi connectivity index (χ3n) is 4.77. The molecule has 29 heavy (non-hydrogen) atoms. The summed E-state index contributed by atoms with van der Waals surface area (Å²) in [6.45, 7) is 1.02. The lowest BCUT2D eigenvalue weighted by molar-refractivity contribution is 0.0179. The van der Waals surface area contributed by atoms with Gasteiger partial charge >= 0.3 is 0 Å². The van der Waals surface area contributed by atoms with E-state index in [2.05, 4.69) is 10.1 Å². The van der Waals surface area contributed by atoms with Crippen molar-refractivity contribution in [1.29, 1.82) is 0 Å². The molecule has 144 valence electrons. The molecule has 0 saturated carbocycles. The van der Waals surface area contributed by atoms with Gasteiger partial charge in [-0.2, -0.15) is 4.98 Å². The Labute approximate surface area is 166 Å². The third kappa shape index (κ3) is 3.38. The lowest BCUT2D eigenvalue weighted by Crippen LogP contribution is -2.56. The fourth-order valence-electron chi connectivity index (χ4n) is 3.21. The molecule has 2 aromatic carbocycles. The quantitative estimate of drug-likeness (QED) is 0.517. The summed E-state index contributed by atoms with van der Waals surface area (Å²) in [4.78, 5) is 18.5. The van der Waals surface area contributed by atoms with E-state index in [-0.39, 0.29) is 12.0 Å². The van der Waals surface area contributed by atoms with Gasteiger partial charge in [0.25, 0.3) is 11.8 Å². The topological polar surface area (TPSA) is 81.6 Å². The molecular weight excluding hydrogens is 370 g/mol. The monoisotopic (exact) mass is 387 g/mol. The normalized spacial score (nSPS) is 13.9. The summed E-state index contributed by atoms with van der Waals surface area (Å²) in [5, 5.41) is 4.08. The zero-order valence-electron chi connectivity index (χ0n) is 15.4. The van der Waals surface area contributed by atoms with Gasteiger partial charge in [-0.05, 0) is 18.2 Å². The van der Waals surface area contributed by atoms with Crippen LogP contribution in [0.3, 0.4) is 0 Å². The van der Waals surface area contributed by atoms with Gasteiger partial charge in [0.05, 0.1) is 30.5 Å². The fourth-order valence-corrected chi connectivity index (χ4v) is 3.21. The van der Waals surface area contributed by atoms with Crippen LogP contribution in [0, 0.1) is 0 Å². The average Bonchev–Trinajstić information content (AvgIpc) is 3.43. The summed E-state index contributed by atoms with van der Waals surface area (Å²) in [7, 11) is 0. The van der Waals surface area contributed by atoms with Gasteiger partial charge in [0.1, 0.15) is 18.1 Å². The van der Waals surface area contributed by atoms with Gasteiger partial charge in [0.2, 0.25) is 5.82 Å². The molecule has 7 heteroatoms. The molecule has 0 unspecified atom stereocenters. The van der Waals surface area contributed by atoms with Crippen LogP contribution in [0.2, 0.25) is 0 Å². The number of likely N-dealkylation sites (tertiary alicyclic amines) is 1. The number of benzene rings is 2. The molecule has 0 bridgehead atoms. The van der Waals surface area contributed by atoms with E-state index < -0.39 is 0 Å². The number of hydrogen-bond acceptors (Lipinski definition) is 6. The first-order valence-corrected chi connectivity index (χ1v) is 9.24. The first-order valence-electron chi connectivity index (χ1n) is 9.24. The maximum absolute atomic E-state index is 12.3. The Kier molecular flexibility index (Phi) is 4.32. The number of rotatable bonds is 5. The number of hydrogen-bond donors (Lipinski definition) is 0. The molecule has 1 amide bonds. The molecule has 1 fully saturated rings. The zero-order valence-corrected chi connectivity index (χ0v) is 15.4. The molecule has 0 spiro atoms. The number of furan rings is 1. The molecular formula is C22H17N3O4. The zero-order chi connectivity index (χ0) is 19.6. The third-order valence-corrected chi connectivity index (χ3v) is 4.77. The minimum atomic E-state index is -0.0940. The second-order valence-corrected chi connectivity index (χ2v) is 6.75. The van der Waals surface area contributed by atoms with Gasteiger partial charge in [-0.25, -0.2) is 0 Å². The van der Waals surface area contributed by atoms with Crippen LogP contribution in [0.1, 0.15) is 10.4 Å². The molecule has 4 aromatic rings. The molecule has 1 aliphatic heterocycles. The number of aromatic nitrogens is 2. The lowest BCUT2D eigenvalue weighted by atomic mass is 10.1. The maximum atomic E-state index is 12.3. The highest BCUT2D eigenvalue weighted by Crippen LogP contribution is 2.32. The minimum Gasteiger partial charge on any atom is -0.486 e. The Hall–Kier alpha value is -3.87. The second-order valence-electron chi connectivity index (χ2n) is 6.75. The van der Waals surface area contributed by atoms with Crippen molar-refractivity contribution >= 4 is 5.91 Å². The molecule has 0 aliphatic carbocycles. The first-order chi connectivity index (χ1) is 14.3. The van der Waals surface area contributed by atoms with Crippen LogP contribution in [-0.2, 0) is 0 Å². The predicted octanol–water partition coefficient (Wildman–Crippen LogP) is 3.90. The van der Waals surface area contributed by atoms with Gasteiger partial charge in [-0.3, -0.25) is 4.79 Å². The molecule has 5 rings (SSSR count). The van der Waals surface area contributed by atoms with E-state index in [1.165, 1.54) is 12.5 Å². The van der Waals surface area contributed by atoms with Crippen molar-refractivity contribution in [3.63, 3.8) is 0 Å². The molecule has 2 aromatic heterocycles. The van der Waals surface area contributed by atoms with Gasteiger partial charge < -0.3 is 18.6 Å². The first kappa shape index (κ1) is 17.2. The Bertz CT molecular complexity index is 1120. The van der Waals surface area contributed by atoms with E-state index in [4.69, 9.17) is 13.7 Å². The summed E-state index contributed by atoms with van der Waals surface area (Å²) in [5.41, 5.74) is 2.15. The number of ether oxygens (including phenoxy) is 1. The summed E-state index contributed by atoms with van der Waals surface area (Å²) < 4.78 is 16.5. The van der Waals surface area contributed by atoms with Crippen LogP contribution in [0.25, 0.3) is 22.8 Å². The SMILES string of the molecule is O=C(c1ccoc1)N1CC(Oc2ccccc2-c2nc(-c3ccccc3)no2)C1. The van der Waals surface area contributed by atoms with E-state index in [1.54, 1.807) is 11.0 Å². The highest BCUT2D eigenvalue weighted by molar-refractivity contribution is 5.94. The van der Waals surface area contributed by atoms with Crippen molar-refractivity contribution in [3.05, 3.63) is 78.8 Å². The smallest absolute Gasteiger partial charge is 0.262 e. The molecule has 1 saturated heterocycles. The van der Waals surface area contributed by atoms with Gasteiger partial charge in [0, 0.05) is 5.56 Å². The Morgan fingerprint density at radius 3 is 2.62 bits per heavy atom. The van der Waals surface area contributed by atoms with Crippen LogP contribution in [-0.4, -0.2) is 40.1 Å². The fraction of sp³-hybridized carbons (Fsp3) is 0.136. The molecule has 0 atom stereocenters. The van der Waals surface area contributed by atoms with Crippen LogP contribution in [0.4, 0.5) is 0 Å².